The molecule has 0 aliphatic carbocycles. The molecular weight excluding hydrogens is 162 g/mol. The average molecular weight is 177 g/mol. The van der Waals surface area contributed by atoms with Crippen molar-refractivity contribution >= 4 is 0 Å². The molecule has 1 aliphatic rings. The van der Waals surface area contributed by atoms with Gasteiger partial charge in [0, 0.05) is 18.3 Å². The number of ether oxygens (including phenoxy) is 1. The van der Waals surface area contributed by atoms with E-state index < -0.39 is 0 Å². The topological polar surface area (TPSA) is 22.1 Å². The molecule has 0 unspecified atom stereocenters. The predicted molar refractivity (Wildman–Crippen MR) is 51.9 cm³/mol. The van der Waals surface area contributed by atoms with Crippen LogP contribution in [0.4, 0.5) is 0 Å². The number of nitrogens with zero attached hydrogens (tertiary/aromatic N) is 1. The fraction of sp³-hybridized carbons (Fsp3) is 0.545. The highest BCUT2D eigenvalue weighted by atomic mass is 16.5. The van der Waals surface area contributed by atoms with Gasteiger partial charge in [-0.1, -0.05) is 19.9 Å². The zero-order valence-corrected chi connectivity index (χ0v) is 8.16. The Hall–Kier alpha value is -0.890. The number of hydrogen-bond acceptors (Lipinski definition) is 2. The lowest BCUT2D eigenvalue weighted by Gasteiger charge is -2.26. The third kappa shape index (κ3) is 1.73. The molecule has 2 heteroatoms. The fourth-order valence-corrected chi connectivity index (χ4v) is 1.44. The van der Waals surface area contributed by atoms with Gasteiger partial charge in [0.1, 0.15) is 0 Å². The second-order valence-electron chi connectivity index (χ2n) is 3.94. The Morgan fingerprint density at radius 2 is 2.15 bits per heavy atom. The number of aromatic nitrogens is 1. The minimum absolute atomic E-state index is 0.563. The van der Waals surface area contributed by atoms with Crippen LogP contribution < -0.4 is 0 Å². The van der Waals surface area contributed by atoms with Gasteiger partial charge in [0.15, 0.2) is 0 Å². The van der Waals surface area contributed by atoms with Gasteiger partial charge in [-0.3, -0.25) is 4.98 Å². The minimum Gasteiger partial charge on any atom is -0.380 e. The van der Waals surface area contributed by atoms with Crippen LogP contribution in [0.25, 0.3) is 0 Å². The first-order valence-corrected chi connectivity index (χ1v) is 4.80. The van der Waals surface area contributed by atoms with Gasteiger partial charge < -0.3 is 4.74 Å². The van der Waals surface area contributed by atoms with Gasteiger partial charge in [-0.05, 0) is 17.0 Å². The third-order valence-corrected chi connectivity index (χ3v) is 2.56. The van der Waals surface area contributed by atoms with Crippen LogP contribution in [0.2, 0.25) is 0 Å². The van der Waals surface area contributed by atoms with Crippen LogP contribution >= 0.6 is 0 Å². The summed E-state index contributed by atoms with van der Waals surface area (Å²) in [6.07, 6.45) is 3.91. The van der Waals surface area contributed by atoms with Crippen molar-refractivity contribution in [1.82, 2.24) is 4.98 Å². The number of hydrogen-bond donors (Lipinski definition) is 0. The van der Waals surface area contributed by atoms with E-state index in [-0.39, 0.29) is 0 Å². The third-order valence-electron chi connectivity index (χ3n) is 2.56. The van der Waals surface area contributed by atoms with Gasteiger partial charge in [0.25, 0.3) is 0 Å². The zero-order chi connectivity index (χ0) is 9.26. The monoisotopic (exact) mass is 177 g/mol. The molecule has 13 heavy (non-hydrogen) atoms. The highest BCUT2D eigenvalue weighted by molar-refractivity contribution is 5.24. The lowest BCUT2D eigenvalue weighted by Crippen LogP contribution is -2.25. The van der Waals surface area contributed by atoms with Crippen LogP contribution in [0.1, 0.15) is 36.8 Å². The van der Waals surface area contributed by atoms with Gasteiger partial charge in [0.05, 0.1) is 13.2 Å². The van der Waals surface area contributed by atoms with Crippen molar-refractivity contribution in [3.05, 3.63) is 29.6 Å². The lowest BCUT2D eigenvalue weighted by atomic mass is 9.95. The van der Waals surface area contributed by atoms with E-state index in [0.29, 0.717) is 11.8 Å². The average Bonchev–Trinajstić information content (AvgIpc) is 2.01. The van der Waals surface area contributed by atoms with Crippen molar-refractivity contribution in [3.8, 4) is 0 Å². The normalized spacial score (nSPS) is 17.5. The summed E-state index contributed by atoms with van der Waals surface area (Å²) < 4.78 is 5.16. The summed E-state index contributed by atoms with van der Waals surface area (Å²) in [5.74, 6) is 1.15. The molecule has 0 bridgehead atoms. The SMILES string of the molecule is CC(C)c1cncc(C2COC2)c1. The summed E-state index contributed by atoms with van der Waals surface area (Å²) in [6.45, 7) is 6.11. The molecule has 1 fully saturated rings. The minimum atomic E-state index is 0.563. The van der Waals surface area contributed by atoms with Gasteiger partial charge in [-0.15, -0.1) is 0 Å². The molecule has 70 valence electrons. The Morgan fingerprint density at radius 1 is 1.38 bits per heavy atom. The molecule has 1 aromatic rings. The van der Waals surface area contributed by atoms with E-state index in [1.165, 1.54) is 11.1 Å². The maximum Gasteiger partial charge on any atom is 0.0557 e. The molecule has 0 radical (unpaired) electrons. The van der Waals surface area contributed by atoms with Crippen molar-refractivity contribution < 1.29 is 4.74 Å². The summed E-state index contributed by atoms with van der Waals surface area (Å²) in [5, 5.41) is 0. The molecule has 1 aliphatic heterocycles. The Morgan fingerprint density at radius 3 is 2.69 bits per heavy atom. The fourth-order valence-electron chi connectivity index (χ4n) is 1.44. The Kier molecular flexibility index (Phi) is 2.32. The molecule has 0 N–H and O–H groups in total. The molecular formula is C11H15NO. The van der Waals surface area contributed by atoms with Crippen molar-refractivity contribution in [1.29, 1.82) is 0 Å². The maximum absolute atomic E-state index is 5.16. The molecule has 0 amide bonds. The highest BCUT2D eigenvalue weighted by Gasteiger charge is 2.20. The quantitative estimate of drug-likeness (QED) is 0.691. The number of pyridine rings is 1. The first-order valence-electron chi connectivity index (χ1n) is 4.80. The van der Waals surface area contributed by atoms with E-state index in [1.54, 1.807) is 0 Å². The maximum atomic E-state index is 5.16. The molecule has 0 spiro atoms. The molecule has 0 aromatic carbocycles. The van der Waals surface area contributed by atoms with Gasteiger partial charge in [-0.25, -0.2) is 0 Å². The Labute approximate surface area is 78.9 Å². The molecule has 2 heterocycles. The Balaban J connectivity index is 2.21. The summed E-state index contributed by atoms with van der Waals surface area (Å²) >= 11 is 0. The van der Waals surface area contributed by atoms with E-state index in [4.69, 9.17) is 4.74 Å². The van der Waals surface area contributed by atoms with Crippen LogP contribution in [0, 0.1) is 0 Å². The Bertz CT molecular complexity index is 292. The van der Waals surface area contributed by atoms with Crippen LogP contribution in [0.15, 0.2) is 18.5 Å². The molecule has 0 atom stereocenters. The molecule has 1 aromatic heterocycles. The van der Waals surface area contributed by atoms with Crippen LogP contribution in [-0.4, -0.2) is 18.2 Å². The van der Waals surface area contributed by atoms with Gasteiger partial charge in [-0.2, -0.15) is 0 Å². The molecule has 2 rings (SSSR count). The summed E-state index contributed by atoms with van der Waals surface area (Å²) in [4.78, 5) is 4.25. The second kappa shape index (κ2) is 3.46. The summed E-state index contributed by atoms with van der Waals surface area (Å²) in [5.41, 5.74) is 2.65. The van der Waals surface area contributed by atoms with Crippen molar-refractivity contribution in [2.45, 2.75) is 25.7 Å². The first-order chi connectivity index (χ1) is 6.27. The molecule has 2 nitrogen and oxygen atoms in total. The van der Waals surface area contributed by atoms with E-state index in [2.05, 4.69) is 24.9 Å². The van der Waals surface area contributed by atoms with Crippen molar-refractivity contribution in [2.75, 3.05) is 13.2 Å². The zero-order valence-electron chi connectivity index (χ0n) is 8.16. The standard InChI is InChI=1S/C11H15NO/c1-8(2)9-3-10(5-12-4-9)11-6-13-7-11/h3-5,8,11H,6-7H2,1-2H3. The van der Waals surface area contributed by atoms with E-state index in [0.717, 1.165) is 13.2 Å². The highest BCUT2D eigenvalue weighted by Crippen LogP contribution is 2.25. The number of rotatable bonds is 2. The predicted octanol–water partition coefficient (Wildman–Crippen LogP) is 2.32. The smallest absolute Gasteiger partial charge is 0.0557 e. The van der Waals surface area contributed by atoms with Crippen LogP contribution in [-0.2, 0) is 4.74 Å². The van der Waals surface area contributed by atoms with E-state index >= 15 is 0 Å². The van der Waals surface area contributed by atoms with Crippen molar-refractivity contribution in [2.24, 2.45) is 0 Å². The van der Waals surface area contributed by atoms with E-state index in [9.17, 15) is 0 Å². The van der Waals surface area contributed by atoms with Gasteiger partial charge in [0.2, 0.25) is 0 Å². The van der Waals surface area contributed by atoms with Crippen LogP contribution in [0.5, 0.6) is 0 Å². The lowest BCUT2D eigenvalue weighted by molar-refractivity contribution is 0.00825. The molecule has 0 saturated carbocycles. The van der Waals surface area contributed by atoms with E-state index in [1.807, 2.05) is 12.4 Å². The molecule has 1 saturated heterocycles. The summed E-state index contributed by atoms with van der Waals surface area (Å²) in [6, 6.07) is 2.25. The van der Waals surface area contributed by atoms with Crippen LogP contribution in [0.3, 0.4) is 0 Å². The second-order valence-corrected chi connectivity index (χ2v) is 3.94. The van der Waals surface area contributed by atoms with Gasteiger partial charge >= 0.3 is 0 Å². The summed E-state index contributed by atoms with van der Waals surface area (Å²) in [7, 11) is 0. The largest absolute Gasteiger partial charge is 0.380 e. The first kappa shape index (κ1) is 8.70. The van der Waals surface area contributed by atoms with Crippen molar-refractivity contribution in [3.63, 3.8) is 0 Å².